The standard InChI is InChI=1S/C33H36AsFN8O2/c1-33(2,42-15-12-37-13-16-42)18-22(19-36)32(44)41-14-6-7-23(20-41)43-31-28(30(34)38-21-39-31)29(40-43)26-11-10-25(17-27(26)35)45-24-8-4-3-5-9-24/h3-5,8-11,17-18,21,23,37H,6-7,12-16,20,34H2,1-2H3/t23-/m0/s1. The molecule has 232 valence electrons. The summed E-state index contributed by atoms with van der Waals surface area (Å²) < 4.78 is 24.0. The molecule has 45 heavy (non-hydrogen) atoms. The van der Waals surface area contributed by atoms with E-state index in [9.17, 15) is 10.1 Å². The molecule has 0 saturated carbocycles. The average molecular weight is 671 g/mol. The molecule has 0 spiro atoms. The van der Waals surface area contributed by atoms with E-state index >= 15 is 4.39 Å². The number of piperazine rings is 1. The van der Waals surface area contributed by atoms with Crippen LogP contribution in [0.5, 0.6) is 11.5 Å². The average Bonchev–Trinajstić information content (AvgIpc) is 3.45. The van der Waals surface area contributed by atoms with Crippen LogP contribution < -0.4 is 14.5 Å². The molecule has 4 aromatic rings. The van der Waals surface area contributed by atoms with Gasteiger partial charge in [0.25, 0.3) is 0 Å². The van der Waals surface area contributed by atoms with E-state index < -0.39 is 11.4 Å². The van der Waals surface area contributed by atoms with Gasteiger partial charge in [-0.15, -0.1) is 0 Å². The number of nitrogens with one attached hydrogen (secondary N) is 1. The molecule has 2 aromatic carbocycles. The van der Waals surface area contributed by atoms with Crippen LogP contribution in [0.1, 0.15) is 32.7 Å². The number of benzene rings is 2. The number of likely N-dealkylation sites (tertiary alicyclic amines) is 1. The van der Waals surface area contributed by atoms with Gasteiger partial charge in [-0.2, -0.15) is 0 Å². The van der Waals surface area contributed by atoms with Gasteiger partial charge in [0, 0.05) is 26.2 Å². The Labute approximate surface area is 270 Å². The Balaban J connectivity index is 1.28. The first-order chi connectivity index (χ1) is 21.7. The van der Waals surface area contributed by atoms with E-state index in [2.05, 4.69) is 26.3 Å². The molecular weight excluding hydrogens is 634 g/mol. The summed E-state index contributed by atoms with van der Waals surface area (Å²) in [6.07, 6.45) is 4.80. The molecule has 2 aromatic heterocycles. The minimum Gasteiger partial charge on any atom is -0.314 e. The summed E-state index contributed by atoms with van der Waals surface area (Å²) in [4.78, 5) is 26.7. The van der Waals surface area contributed by atoms with E-state index in [1.165, 1.54) is 29.2 Å². The molecule has 10 nitrogen and oxygen atoms in total. The summed E-state index contributed by atoms with van der Waals surface area (Å²) in [5.74, 6) is 0.245. The third-order valence-electron chi connectivity index (χ3n) is 8.50. The first-order valence-electron chi connectivity index (χ1n) is 15.1. The van der Waals surface area contributed by atoms with Crippen LogP contribution in [0.2, 0.25) is 0 Å². The Morgan fingerprint density at radius 2 is 1.91 bits per heavy atom. The van der Waals surface area contributed by atoms with Gasteiger partial charge >= 0.3 is 240 Å². The number of ether oxygens (including phenoxy) is 1. The summed E-state index contributed by atoms with van der Waals surface area (Å²) >= 11 is 1.30. The van der Waals surface area contributed by atoms with E-state index in [0.29, 0.717) is 46.9 Å². The maximum absolute atomic E-state index is 15.7. The second-order valence-electron chi connectivity index (χ2n) is 11.9. The molecule has 12 heteroatoms. The Kier molecular flexibility index (Phi) is 8.99. The van der Waals surface area contributed by atoms with Gasteiger partial charge in [0.15, 0.2) is 0 Å². The van der Waals surface area contributed by atoms with E-state index in [-0.39, 0.29) is 17.5 Å². The molecule has 0 radical (unpaired) electrons. The zero-order valence-electron chi connectivity index (χ0n) is 25.4. The van der Waals surface area contributed by atoms with Gasteiger partial charge < -0.3 is 5.32 Å². The van der Waals surface area contributed by atoms with Gasteiger partial charge in [-0.25, -0.2) is 0 Å². The number of halogens is 1. The first-order valence-corrected chi connectivity index (χ1v) is 16.4. The van der Waals surface area contributed by atoms with Crippen molar-refractivity contribution >= 4 is 38.3 Å². The normalized spacial score (nSPS) is 18.2. The number of piperidine rings is 1. The van der Waals surface area contributed by atoms with E-state index in [4.69, 9.17) is 9.84 Å². The van der Waals surface area contributed by atoms with Gasteiger partial charge in [0.2, 0.25) is 0 Å². The minimum absolute atomic E-state index is 0.144. The minimum atomic E-state index is -0.470. The summed E-state index contributed by atoms with van der Waals surface area (Å²) in [6, 6.07) is 15.9. The molecule has 6 rings (SSSR count). The molecule has 1 N–H and O–H groups in total. The topological polar surface area (TPSA) is 112 Å². The van der Waals surface area contributed by atoms with E-state index in [1.54, 1.807) is 23.1 Å². The predicted octanol–water partition coefficient (Wildman–Crippen LogP) is 2.98. The molecular formula is C33H36AsFN8O2. The number of rotatable bonds is 7. The predicted molar refractivity (Wildman–Crippen MR) is 172 cm³/mol. The molecule has 0 aliphatic carbocycles. The van der Waals surface area contributed by atoms with Gasteiger partial charge in [-0.3, -0.25) is 0 Å². The fourth-order valence-corrected chi connectivity index (χ4v) is 6.85. The summed E-state index contributed by atoms with van der Waals surface area (Å²) in [7, 11) is 0. The second-order valence-corrected chi connectivity index (χ2v) is 13.1. The number of nitriles is 1. The van der Waals surface area contributed by atoms with Crippen molar-refractivity contribution in [1.82, 2.24) is 34.9 Å². The Morgan fingerprint density at radius 1 is 1.13 bits per heavy atom. The zero-order chi connectivity index (χ0) is 31.6. The van der Waals surface area contributed by atoms with Crippen LogP contribution in [0.25, 0.3) is 22.3 Å². The number of nitrogens with zero attached hydrogens (tertiary/aromatic N) is 7. The molecule has 2 aliphatic rings. The Bertz CT molecular complexity index is 1780. The van der Waals surface area contributed by atoms with Gasteiger partial charge in [0.05, 0.1) is 0 Å². The third kappa shape index (κ3) is 6.50. The molecule has 2 aliphatic heterocycles. The number of fused-ring (bicyclic) bond motifs is 1. The van der Waals surface area contributed by atoms with Crippen LogP contribution in [0.3, 0.4) is 0 Å². The SMILES string of the molecule is CC(C)(C=C(C#N)C(=O)N1CCC[C@H](n2nc(-c3ccc(Oc4ccccc4)cc3F)c3c([AsH2])ncnc32)C1)N1CCNCC1. The molecule has 2 fully saturated rings. The fourth-order valence-electron chi connectivity index (χ4n) is 6.15. The van der Waals surface area contributed by atoms with Crippen molar-refractivity contribution in [2.24, 2.45) is 0 Å². The summed E-state index contributed by atoms with van der Waals surface area (Å²) in [5, 5.41) is 19.0. The van der Waals surface area contributed by atoms with Crippen molar-refractivity contribution in [3.8, 4) is 28.8 Å². The van der Waals surface area contributed by atoms with Crippen LogP contribution in [-0.2, 0) is 4.79 Å². The molecule has 1 amide bonds. The van der Waals surface area contributed by atoms with Crippen LogP contribution in [0.4, 0.5) is 4.39 Å². The number of aromatic nitrogens is 4. The van der Waals surface area contributed by atoms with Crippen molar-refractivity contribution in [2.45, 2.75) is 38.3 Å². The van der Waals surface area contributed by atoms with Crippen LogP contribution in [-0.4, -0.2) is 97.1 Å². The van der Waals surface area contributed by atoms with Crippen molar-refractivity contribution < 1.29 is 13.9 Å². The fraction of sp³-hybridized carbons (Fsp3) is 0.364. The van der Waals surface area contributed by atoms with Crippen molar-refractivity contribution in [3.63, 3.8) is 0 Å². The van der Waals surface area contributed by atoms with E-state index in [0.717, 1.165) is 43.5 Å². The van der Waals surface area contributed by atoms with Crippen LogP contribution >= 0.6 is 0 Å². The number of carbonyl (C=O) groups is 1. The molecule has 0 bridgehead atoms. The number of amides is 1. The number of hydrogen-bond acceptors (Lipinski definition) is 8. The van der Waals surface area contributed by atoms with Gasteiger partial charge in [-0.05, 0) is 0 Å². The van der Waals surface area contributed by atoms with Crippen molar-refractivity contribution in [2.75, 3.05) is 39.3 Å². The van der Waals surface area contributed by atoms with E-state index in [1.807, 2.05) is 48.9 Å². The van der Waals surface area contributed by atoms with Crippen LogP contribution in [0, 0.1) is 17.1 Å². The van der Waals surface area contributed by atoms with Crippen molar-refractivity contribution in [1.29, 1.82) is 5.26 Å². The molecule has 2 atom stereocenters. The molecule has 2 saturated heterocycles. The molecule has 1 unspecified atom stereocenters. The van der Waals surface area contributed by atoms with Gasteiger partial charge in [-0.1, -0.05) is 0 Å². The van der Waals surface area contributed by atoms with Crippen molar-refractivity contribution in [3.05, 3.63) is 72.3 Å². The quantitative estimate of drug-likeness (QED) is 0.182. The molecule has 4 heterocycles. The first kappa shape index (κ1) is 30.9. The monoisotopic (exact) mass is 670 g/mol. The Morgan fingerprint density at radius 3 is 2.64 bits per heavy atom. The number of carbonyl (C=O) groups excluding carboxylic acids is 1. The third-order valence-corrected chi connectivity index (χ3v) is 9.42. The van der Waals surface area contributed by atoms with Crippen LogP contribution in [0.15, 0.2) is 66.5 Å². The number of hydrogen-bond donors (Lipinski definition) is 1. The second kappa shape index (κ2) is 13.1. The summed E-state index contributed by atoms with van der Waals surface area (Å²) in [6.45, 7) is 8.45. The number of para-hydroxylation sites is 1. The smallest absolute Gasteiger partial charge is 0.314 e. The maximum atomic E-state index is 15.7. The zero-order valence-corrected chi connectivity index (χ0v) is 27.8. The van der Waals surface area contributed by atoms with Gasteiger partial charge in [0.1, 0.15) is 0 Å². The summed E-state index contributed by atoms with van der Waals surface area (Å²) in [5.41, 5.74) is 1.08. The Hall–Kier alpha value is -4.10.